The van der Waals surface area contributed by atoms with E-state index >= 15 is 0 Å². The number of amides is 1. The first-order valence-electron chi connectivity index (χ1n) is 1.46. The second kappa shape index (κ2) is 3.36. The Hall–Kier alpha value is -0.660. The summed E-state index contributed by atoms with van der Waals surface area (Å²) in [6.07, 6.45) is -1.15. The van der Waals surface area contributed by atoms with Gasteiger partial charge < -0.3 is 4.18 Å². The fourth-order valence-corrected chi connectivity index (χ4v) is 0.266. The second-order valence-corrected chi connectivity index (χ2v) is 1.33. The molecule has 0 aliphatic rings. The topological polar surface area (TPSA) is 102 Å². The predicted molar refractivity (Wildman–Crippen MR) is 24.6 cm³/mol. The Morgan fingerprint density at radius 2 is 2.38 bits per heavy atom. The van der Waals surface area contributed by atoms with Gasteiger partial charge in [-0.1, -0.05) is 0 Å². The van der Waals surface area contributed by atoms with Crippen molar-refractivity contribution in [2.24, 2.45) is 5.84 Å². The average Bonchev–Trinajstić information content (AvgIpc) is 1.65. The molecule has 8 heavy (non-hydrogen) atoms. The van der Waals surface area contributed by atoms with Crippen LogP contribution in [0.15, 0.2) is 0 Å². The van der Waals surface area contributed by atoms with Crippen molar-refractivity contribution in [3.63, 3.8) is 0 Å². The summed E-state index contributed by atoms with van der Waals surface area (Å²) < 4.78 is 20.9. The van der Waals surface area contributed by atoms with Crippen LogP contribution >= 0.6 is 0 Å². The minimum absolute atomic E-state index is 1.15. The van der Waals surface area contributed by atoms with Crippen molar-refractivity contribution >= 4 is 17.5 Å². The molecular weight excluding hydrogens is 136 g/mol. The fourth-order valence-electron chi connectivity index (χ4n) is 0.0888. The van der Waals surface area contributed by atoms with Crippen LogP contribution in [0, 0.1) is 0 Å². The number of rotatable bonds is 1. The second-order valence-electron chi connectivity index (χ2n) is 0.732. The van der Waals surface area contributed by atoms with Crippen LogP contribution in [-0.4, -0.2) is 14.9 Å². The maximum absolute atomic E-state index is 9.81. The molecule has 0 radical (unpaired) electrons. The summed E-state index contributed by atoms with van der Waals surface area (Å²) in [6.45, 7) is 0. The zero-order valence-corrected chi connectivity index (χ0v) is 4.47. The zero-order chi connectivity index (χ0) is 6.57. The van der Waals surface area contributed by atoms with E-state index in [1.165, 1.54) is 5.43 Å². The Balaban J connectivity index is 3.40. The maximum atomic E-state index is 9.81. The van der Waals surface area contributed by atoms with E-state index in [1.807, 2.05) is 0 Å². The smallest absolute Gasteiger partial charge is 0.325 e. The molecule has 48 valence electrons. The first-order chi connectivity index (χ1) is 3.66. The number of nitrogens with two attached hydrogens (primary N) is 1. The molecule has 0 fully saturated rings. The Morgan fingerprint density at radius 1 is 1.88 bits per heavy atom. The molecule has 0 bridgehead atoms. The Kier molecular flexibility index (Phi) is 3.08. The lowest BCUT2D eigenvalue weighted by atomic mass is 11.3. The van der Waals surface area contributed by atoms with Crippen molar-refractivity contribution in [2.75, 3.05) is 0 Å². The third-order valence-corrected chi connectivity index (χ3v) is 0.559. The summed E-state index contributed by atoms with van der Waals surface area (Å²) in [7, 11) is 0. The molecule has 7 heteroatoms. The van der Waals surface area contributed by atoms with E-state index in [4.69, 9.17) is 4.55 Å². The Labute approximate surface area is 47.5 Å². The molecule has 0 aliphatic carbocycles. The molecule has 0 saturated heterocycles. The predicted octanol–water partition coefficient (Wildman–Crippen LogP) is -1.28. The van der Waals surface area contributed by atoms with Gasteiger partial charge >= 0.3 is 17.5 Å². The molecular formula is CH4N2O4S. The Morgan fingerprint density at radius 3 is 2.50 bits per heavy atom. The van der Waals surface area contributed by atoms with Crippen LogP contribution in [0.2, 0.25) is 0 Å². The number of carbonyl (C=O) groups excluding carboxylic acids is 1. The quantitative estimate of drug-likeness (QED) is 0.182. The van der Waals surface area contributed by atoms with Gasteiger partial charge in [-0.15, -0.1) is 0 Å². The summed E-state index contributed by atoms with van der Waals surface area (Å²) in [5.74, 6) is 4.45. The molecule has 0 heterocycles. The summed E-state index contributed by atoms with van der Waals surface area (Å²) in [5.41, 5.74) is 1.48. The van der Waals surface area contributed by atoms with Crippen molar-refractivity contribution in [1.29, 1.82) is 0 Å². The van der Waals surface area contributed by atoms with E-state index in [0.29, 0.717) is 0 Å². The standard InChI is InChI=1S/CH4N2O4S/c2-3-1(4)7-8(5)6/h2H2,(H,3,4)(H,5,6). The first kappa shape index (κ1) is 7.34. The molecule has 1 atom stereocenters. The molecule has 1 amide bonds. The van der Waals surface area contributed by atoms with Gasteiger partial charge in [0, 0.05) is 0 Å². The lowest BCUT2D eigenvalue weighted by Crippen LogP contribution is -2.31. The molecule has 1 unspecified atom stereocenters. The zero-order valence-electron chi connectivity index (χ0n) is 3.66. The number of hydrazine groups is 1. The van der Waals surface area contributed by atoms with Gasteiger partial charge in [-0.3, -0.25) is 9.98 Å². The number of hydrogen-bond donors (Lipinski definition) is 3. The van der Waals surface area contributed by atoms with Gasteiger partial charge in [0.1, 0.15) is 0 Å². The normalized spacial score (nSPS) is 12.2. The summed E-state index contributed by atoms with van der Waals surface area (Å²) in [5, 5.41) is 0. The third-order valence-electron chi connectivity index (χ3n) is 0.265. The monoisotopic (exact) mass is 140 g/mol. The molecule has 0 aromatic rings. The molecule has 4 N–H and O–H groups in total. The van der Waals surface area contributed by atoms with Gasteiger partial charge in [-0.25, -0.2) is 10.6 Å². The van der Waals surface area contributed by atoms with Gasteiger partial charge in [-0.2, -0.15) is 4.21 Å². The molecule has 0 spiro atoms. The minimum Gasteiger partial charge on any atom is -0.325 e. The van der Waals surface area contributed by atoms with E-state index in [1.54, 1.807) is 0 Å². The van der Waals surface area contributed by atoms with Crippen molar-refractivity contribution in [3.05, 3.63) is 0 Å². The van der Waals surface area contributed by atoms with E-state index < -0.39 is 17.5 Å². The van der Waals surface area contributed by atoms with Gasteiger partial charge in [-0.05, 0) is 0 Å². The van der Waals surface area contributed by atoms with Crippen molar-refractivity contribution in [1.82, 2.24) is 5.43 Å². The van der Waals surface area contributed by atoms with Gasteiger partial charge in [0.15, 0.2) is 0 Å². The molecule has 0 aromatic carbocycles. The molecule has 0 rings (SSSR count). The summed E-state index contributed by atoms with van der Waals surface area (Å²) in [4.78, 5) is 9.81. The highest BCUT2D eigenvalue weighted by molar-refractivity contribution is 7.74. The SMILES string of the molecule is NNC(=O)OS(=O)O. The molecule has 0 aromatic heterocycles. The maximum Gasteiger partial charge on any atom is 0.437 e. The highest BCUT2D eigenvalue weighted by atomic mass is 32.2. The minimum atomic E-state index is -2.59. The van der Waals surface area contributed by atoms with Crippen LogP contribution in [0.4, 0.5) is 4.79 Å². The van der Waals surface area contributed by atoms with Crippen LogP contribution in [0.5, 0.6) is 0 Å². The third kappa shape index (κ3) is 3.53. The number of hydrogen-bond acceptors (Lipinski definition) is 4. The fraction of sp³-hybridized carbons (Fsp3) is 0. The molecule has 0 saturated carbocycles. The summed E-state index contributed by atoms with van der Waals surface area (Å²) >= 11 is -2.59. The van der Waals surface area contributed by atoms with Gasteiger partial charge in [0.05, 0.1) is 0 Å². The lowest BCUT2D eigenvalue weighted by Gasteiger charge is -1.92. The molecule has 0 aliphatic heterocycles. The average molecular weight is 140 g/mol. The number of carbonyl (C=O) groups is 1. The first-order valence-corrected chi connectivity index (χ1v) is 2.49. The van der Waals surface area contributed by atoms with Crippen LogP contribution in [0.1, 0.15) is 0 Å². The van der Waals surface area contributed by atoms with Crippen LogP contribution in [-0.2, 0) is 15.5 Å². The highest BCUT2D eigenvalue weighted by Gasteiger charge is 2.00. The van der Waals surface area contributed by atoms with E-state index in [0.717, 1.165) is 0 Å². The lowest BCUT2D eigenvalue weighted by molar-refractivity contribution is 0.201. The van der Waals surface area contributed by atoms with Crippen molar-refractivity contribution in [3.8, 4) is 0 Å². The molecule has 6 nitrogen and oxygen atoms in total. The summed E-state index contributed by atoms with van der Waals surface area (Å²) in [6, 6.07) is 0. The van der Waals surface area contributed by atoms with Crippen molar-refractivity contribution in [2.45, 2.75) is 0 Å². The largest absolute Gasteiger partial charge is 0.437 e. The van der Waals surface area contributed by atoms with Crippen LogP contribution in [0.25, 0.3) is 0 Å². The van der Waals surface area contributed by atoms with Crippen molar-refractivity contribution < 1.29 is 17.7 Å². The van der Waals surface area contributed by atoms with Crippen LogP contribution < -0.4 is 11.3 Å². The van der Waals surface area contributed by atoms with E-state index in [9.17, 15) is 9.00 Å². The number of nitrogens with one attached hydrogen (secondary N) is 1. The van der Waals surface area contributed by atoms with Gasteiger partial charge in [0.2, 0.25) is 0 Å². The highest BCUT2D eigenvalue weighted by Crippen LogP contribution is 1.76. The van der Waals surface area contributed by atoms with Gasteiger partial charge in [0.25, 0.3) is 0 Å². The van der Waals surface area contributed by atoms with E-state index in [-0.39, 0.29) is 0 Å². The Bertz CT molecular complexity index is 113. The van der Waals surface area contributed by atoms with E-state index in [2.05, 4.69) is 10.0 Å². The van der Waals surface area contributed by atoms with Crippen LogP contribution in [0.3, 0.4) is 0 Å².